The van der Waals surface area contributed by atoms with Gasteiger partial charge < -0.3 is 53.2 Å². The zero-order chi connectivity index (χ0) is 31.1. The first kappa shape index (κ1) is 31.3. The number of nitrogens with two attached hydrogens (primary N) is 2. The Morgan fingerprint density at radius 1 is 0.619 bits per heavy atom. The van der Waals surface area contributed by atoms with Crippen molar-refractivity contribution in [2.45, 2.75) is 24.9 Å². The highest BCUT2D eigenvalue weighted by Gasteiger charge is 2.38. The van der Waals surface area contributed by atoms with Crippen molar-refractivity contribution in [1.82, 2.24) is 10.6 Å². The predicted molar refractivity (Wildman–Crippen MR) is 147 cm³/mol. The average Bonchev–Trinajstić information content (AvgIpc) is 2.92. The lowest BCUT2D eigenvalue weighted by Gasteiger charge is -2.25. The van der Waals surface area contributed by atoms with Gasteiger partial charge in [-0.05, 0) is 24.3 Å². The van der Waals surface area contributed by atoms with Crippen LogP contribution in [-0.2, 0) is 19.2 Å². The Morgan fingerprint density at radius 2 is 0.976 bits per heavy atom. The number of anilines is 2. The molecule has 0 radical (unpaired) electrons. The molecule has 0 heterocycles. The maximum atomic E-state index is 13.6. The van der Waals surface area contributed by atoms with Crippen LogP contribution in [0.15, 0.2) is 24.3 Å². The molecular formula is C26H30N6O10. The van der Waals surface area contributed by atoms with Crippen LogP contribution in [0.4, 0.5) is 11.4 Å². The van der Waals surface area contributed by atoms with E-state index in [1.54, 1.807) is 0 Å². The number of aromatic hydroxyl groups is 2. The molecule has 1 aliphatic rings. The van der Waals surface area contributed by atoms with Crippen LogP contribution < -0.4 is 32.7 Å². The minimum Gasteiger partial charge on any atom is -0.507 e. The number of rotatable bonds is 14. The number of carboxylic acid groups (broad SMARTS) is 2. The second-order valence-electron chi connectivity index (χ2n) is 9.27. The Balaban J connectivity index is 1.82. The summed E-state index contributed by atoms with van der Waals surface area (Å²) in [7, 11) is 0. The van der Waals surface area contributed by atoms with E-state index in [0.717, 1.165) is 12.1 Å². The van der Waals surface area contributed by atoms with E-state index < -0.39 is 71.7 Å². The van der Waals surface area contributed by atoms with Crippen LogP contribution in [0, 0.1) is 0 Å². The second kappa shape index (κ2) is 13.4. The fourth-order valence-corrected chi connectivity index (χ4v) is 4.25. The summed E-state index contributed by atoms with van der Waals surface area (Å²) in [6.07, 6.45) is -1.13. The van der Waals surface area contributed by atoms with Crippen LogP contribution in [0.2, 0.25) is 0 Å². The van der Waals surface area contributed by atoms with Crippen LogP contribution in [0.3, 0.4) is 0 Å². The van der Waals surface area contributed by atoms with Crippen molar-refractivity contribution in [3.05, 3.63) is 46.5 Å². The number of carbonyl (C=O) groups is 6. The lowest BCUT2D eigenvalue weighted by molar-refractivity contribution is -0.139. The Morgan fingerprint density at radius 3 is 1.31 bits per heavy atom. The minimum absolute atomic E-state index is 0.0184. The summed E-state index contributed by atoms with van der Waals surface area (Å²) in [5, 5.41) is 49.0. The smallest absolute Gasteiger partial charge is 0.305 e. The molecule has 2 amide bonds. The molecule has 0 saturated carbocycles. The number of hydrogen-bond acceptors (Lipinski definition) is 12. The van der Waals surface area contributed by atoms with E-state index in [2.05, 4.69) is 21.3 Å². The van der Waals surface area contributed by atoms with E-state index in [4.69, 9.17) is 21.7 Å². The summed E-state index contributed by atoms with van der Waals surface area (Å²) in [5.74, 6) is -6.43. The average molecular weight is 587 g/mol. The van der Waals surface area contributed by atoms with Gasteiger partial charge in [0, 0.05) is 37.6 Å². The number of benzene rings is 2. The first-order valence-electron chi connectivity index (χ1n) is 12.6. The second-order valence-corrected chi connectivity index (χ2v) is 9.27. The molecule has 224 valence electrons. The lowest BCUT2D eigenvalue weighted by atomic mass is 9.81. The van der Waals surface area contributed by atoms with Crippen molar-refractivity contribution in [3.8, 4) is 11.5 Å². The van der Waals surface area contributed by atoms with Gasteiger partial charge in [-0.15, -0.1) is 0 Å². The molecule has 2 aromatic rings. The monoisotopic (exact) mass is 586 g/mol. The third-order valence-electron chi connectivity index (χ3n) is 6.22. The number of amides is 2. The summed E-state index contributed by atoms with van der Waals surface area (Å²) < 4.78 is 0. The first-order chi connectivity index (χ1) is 19.8. The highest BCUT2D eigenvalue weighted by molar-refractivity contribution is 6.33. The first-order valence-corrected chi connectivity index (χ1v) is 12.6. The molecule has 0 spiro atoms. The van der Waals surface area contributed by atoms with Crippen molar-refractivity contribution in [1.29, 1.82) is 0 Å². The van der Waals surface area contributed by atoms with Gasteiger partial charge in [-0.1, -0.05) is 0 Å². The quantitative estimate of drug-likeness (QED) is 0.0763. The summed E-state index contributed by atoms with van der Waals surface area (Å²) in [4.78, 5) is 72.6. The molecule has 1 aliphatic carbocycles. The Hall–Kier alpha value is -5.22. The number of aliphatic carboxylic acids is 2. The van der Waals surface area contributed by atoms with Crippen molar-refractivity contribution >= 4 is 46.7 Å². The number of nitrogens with one attached hydrogen (secondary N) is 4. The van der Waals surface area contributed by atoms with Gasteiger partial charge >= 0.3 is 11.9 Å². The van der Waals surface area contributed by atoms with Crippen molar-refractivity contribution in [2.75, 3.05) is 36.8 Å². The molecule has 2 atom stereocenters. The number of hydrogen-bond donors (Lipinski definition) is 10. The zero-order valence-electron chi connectivity index (χ0n) is 22.1. The summed E-state index contributed by atoms with van der Waals surface area (Å²) in [6, 6.07) is 2.57. The van der Waals surface area contributed by atoms with Crippen LogP contribution in [0.5, 0.6) is 11.5 Å². The summed E-state index contributed by atoms with van der Waals surface area (Å²) in [6.45, 7) is 0.0340. The Bertz CT molecular complexity index is 1340. The number of ketones is 2. The van der Waals surface area contributed by atoms with Gasteiger partial charge in [0.15, 0.2) is 0 Å². The molecule has 12 N–H and O–H groups in total. The van der Waals surface area contributed by atoms with Gasteiger partial charge in [0.2, 0.25) is 23.4 Å². The molecule has 0 unspecified atom stereocenters. The number of carboxylic acids is 2. The number of carbonyl (C=O) groups excluding carboxylic acids is 4. The van der Waals surface area contributed by atoms with Gasteiger partial charge in [0.25, 0.3) is 0 Å². The van der Waals surface area contributed by atoms with Gasteiger partial charge in [0.1, 0.15) is 11.5 Å². The van der Waals surface area contributed by atoms with Crippen LogP contribution in [0.1, 0.15) is 44.7 Å². The number of phenols is 2. The van der Waals surface area contributed by atoms with E-state index in [0.29, 0.717) is 0 Å². The van der Waals surface area contributed by atoms with E-state index >= 15 is 0 Å². The number of fused-ring (bicyclic) bond motifs is 2. The van der Waals surface area contributed by atoms with Gasteiger partial charge in [-0.25, -0.2) is 0 Å². The highest BCUT2D eigenvalue weighted by Crippen LogP contribution is 2.42. The number of phenolic OH excluding ortho intramolecular Hbond substituents is 2. The fourth-order valence-electron chi connectivity index (χ4n) is 4.25. The maximum Gasteiger partial charge on any atom is 0.305 e. The van der Waals surface area contributed by atoms with E-state index in [1.807, 2.05) is 0 Å². The van der Waals surface area contributed by atoms with Crippen LogP contribution in [-0.4, -0.2) is 94.0 Å². The zero-order valence-corrected chi connectivity index (χ0v) is 22.1. The lowest BCUT2D eigenvalue weighted by Crippen LogP contribution is -2.43. The van der Waals surface area contributed by atoms with E-state index in [1.165, 1.54) is 12.1 Å². The molecule has 42 heavy (non-hydrogen) atoms. The largest absolute Gasteiger partial charge is 0.507 e. The molecule has 0 bridgehead atoms. The molecule has 0 saturated heterocycles. The Kier molecular flexibility index (Phi) is 10.0. The highest BCUT2D eigenvalue weighted by atomic mass is 16.4. The van der Waals surface area contributed by atoms with E-state index in [9.17, 15) is 39.0 Å². The molecule has 0 aromatic heterocycles. The molecule has 0 aliphatic heterocycles. The van der Waals surface area contributed by atoms with Crippen molar-refractivity contribution in [3.63, 3.8) is 0 Å². The van der Waals surface area contributed by atoms with Crippen molar-refractivity contribution < 1.29 is 49.2 Å². The SMILES string of the molecule is N[C@@H](CC(=O)O)C(=O)NCCNc1ccc(NCCNC(=O)[C@@H](N)CC(=O)O)c2c1C(=O)c1c(O)ccc(O)c1C2=O. The topological polar surface area (TPSA) is 284 Å². The predicted octanol–water partition coefficient (Wildman–Crippen LogP) is -1.47. The van der Waals surface area contributed by atoms with Crippen LogP contribution >= 0.6 is 0 Å². The molecule has 3 rings (SSSR count). The molecular weight excluding hydrogens is 556 g/mol. The van der Waals surface area contributed by atoms with Crippen molar-refractivity contribution in [2.24, 2.45) is 11.5 Å². The van der Waals surface area contributed by atoms with Gasteiger partial charge in [0.05, 0.1) is 47.2 Å². The summed E-state index contributed by atoms with van der Waals surface area (Å²) >= 11 is 0. The molecule has 16 nitrogen and oxygen atoms in total. The van der Waals surface area contributed by atoms with E-state index in [-0.39, 0.29) is 59.8 Å². The molecule has 0 fully saturated rings. The molecule has 2 aromatic carbocycles. The standard InChI is InChI=1S/C26H30N6O10/c27-11(9-17(35)36)25(41)31-7-5-29-13-1-2-14(30-6-8-32-26(42)12(28)10-18(37)38)20-19(13)23(39)21-15(33)3-4-16(34)22(21)24(20)40/h1-4,11-12,29-30,33-34H,5-10,27-28H2,(H,31,41)(H,32,42)(H,35,36)(H,37,38)/t11-,12-/m0/s1. The normalized spacial score (nSPS) is 13.3. The third kappa shape index (κ3) is 7.10. The van der Waals surface area contributed by atoms with Crippen LogP contribution in [0.25, 0.3) is 0 Å². The summed E-state index contributed by atoms with van der Waals surface area (Å²) in [5.41, 5.74) is 10.4. The third-order valence-corrected chi connectivity index (χ3v) is 6.22. The molecule has 16 heteroatoms. The fraction of sp³-hybridized carbons (Fsp3) is 0.308. The maximum absolute atomic E-state index is 13.6. The Labute approximate surface area is 238 Å². The minimum atomic E-state index is -1.26. The van der Waals surface area contributed by atoms with Gasteiger partial charge in [-0.2, -0.15) is 0 Å². The van der Waals surface area contributed by atoms with Gasteiger partial charge in [-0.3, -0.25) is 28.8 Å².